The molecule has 1 N–H and O–H groups in total. The van der Waals surface area contributed by atoms with Gasteiger partial charge in [-0.1, -0.05) is 19.9 Å². The van der Waals surface area contributed by atoms with E-state index in [9.17, 15) is 4.79 Å². The number of carboxylic acid groups (broad SMARTS) is 1. The van der Waals surface area contributed by atoms with Gasteiger partial charge in [-0.15, -0.1) is 0 Å². The van der Waals surface area contributed by atoms with Gasteiger partial charge in [0.2, 0.25) is 0 Å². The third-order valence-corrected chi connectivity index (χ3v) is 2.61. The molecule has 0 bridgehead atoms. The highest BCUT2D eigenvalue weighted by Crippen LogP contribution is 2.15. The summed E-state index contributed by atoms with van der Waals surface area (Å²) in [6, 6.07) is 9.56. The van der Waals surface area contributed by atoms with Crippen molar-refractivity contribution in [2.75, 3.05) is 0 Å². The standard InChI is InChI=1S/C14H14N2O2.C2H6/c17-14(18)6-3-4-11-7-9-16-13(10-11)12-5-1-2-8-15-12;1-2/h1-2,5,7-10H,3-4,6H2,(H,17,18);1-2H3. The van der Waals surface area contributed by atoms with E-state index < -0.39 is 5.97 Å². The molecule has 0 saturated heterocycles. The number of pyridine rings is 2. The lowest BCUT2D eigenvalue weighted by Gasteiger charge is -2.03. The van der Waals surface area contributed by atoms with Crippen molar-refractivity contribution in [2.24, 2.45) is 0 Å². The van der Waals surface area contributed by atoms with E-state index in [4.69, 9.17) is 5.11 Å². The first-order valence-electron chi connectivity index (χ1n) is 6.84. The van der Waals surface area contributed by atoms with Gasteiger partial charge in [0, 0.05) is 18.8 Å². The average Bonchev–Trinajstić information content (AvgIpc) is 2.50. The summed E-state index contributed by atoms with van der Waals surface area (Å²) in [6.45, 7) is 4.00. The number of aromatic nitrogens is 2. The first-order valence-corrected chi connectivity index (χ1v) is 6.84. The Morgan fingerprint density at radius 3 is 2.50 bits per heavy atom. The average molecular weight is 272 g/mol. The van der Waals surface area contributed by atoms with Gasteiger partial charge in [0.25, 0.3) is 0 Å². The summed E-state index contributed by atoms with van der Waals surface area (Å²) < 4.78 is 0. The van der Waals surface area contributed by atoms with Crippen molar-refractivity contribution in [3.8, 4) is 11.4 Å². The van der Waals surface area contributed by atoms with Crippen LogP contribution in [0.4, 0.5) is 0 Å². The molecule has 0 amide bonds. The predicted molar refractivity (Wildman–Crippen MR) is 79.4 cm³/mol. The molecule has 2 heterocycles. The summed E-state index contributed by atoms with van der Waals surface area (Å²) in [5.74, 6) is -0.756. The molecule has 4 nitrogen and oxygen atoms in total. The maximum absolute atomic E-state index is 10.5. The summed E-state index contributed by atoms with van der Waals surface area (Å²) in [4.78, 5) is 19.0. The first kappa shape index (κ1) is 15.8. The van der Waals surface area contributed by atoms with Gasteiger partial charge in [-0.3, -0.25) is 14.8 Å². The largest absolute Gasteiger partial charge is 0.481 e. The number of nitrogens with zero attached hydrogens (tertiary/aromatic N) is 2. The molecule has 0 atom stereocenters. The smallest absolute Gasteiger partial charge is 0.303 e. The van der Waals surface area contributed by atoms with Crippen LogP contribution in [0.25, 0.3) is 11.4 Å². The number of hydrogen-bond acceptors (Lipinski definition) is 3. The third-order valence-electron chi connectivity index (χ3n) is 2.61. The highest BCUT2D eigenvalue weighted by Gasteiger charge is 2.02. The SMILES string of the molecule is CC.O=C(O)CCCc1ccnc(-c2ccccn2)c1. The topological polar surface area (TPSA) is 63.1 Å². The van der Waals surface area contributed by atoms with Gasteiger partial charge in [0.15, 0.2) is 0 Å². The van der Waals surface area contributed by atoms with Crippen molar-refractivity contribution < 1.29 is 9.90 Å². The molecule has 0 radical (unpaired) electrons. The quantitative estimate of drug-likeness (QED) is 0.903. The monoisotopic (exact) mass is 272 g/mol. The lowest BCUT2D eigenvalue weighted by molar-refractivity contribution is -0.137. The van der Waals surface area contributed by atoms with Crippen molar-refractivity contribution in [1.29, 1.82) is 0 Å². The zero-order chi connectivity index (χ0) is 14.8. The van der Waals surface area contributed by atoms with Crippen LogP contribution in [-0.4, -0.2) is 21.0 Å². The van der Waals surface area contributed by atoms with Crippen molar-refractivity contribution in [3.05, 3.63) is 48.3 Å². The van der Waals surface area contributed by atoms with Crippen molar-refractivity contribution in [2.45, 2.75) is 33.1 Å². The Labute approximate surface area is 119 Å². The summed E-state index contributed by atoms with van der Waals surface area (Å²) in [7, 11) is 0. The first-order chi connectivity index (χ1) is 9.75. The van der Waals surface area contributed by atoms with Gasteiger partial charge in [0.1, 0.15) is 0 Å². The molecule has 0 aliphatic carbocycles. The van der Waals surface area contributed by atoms with E-state index in [0.29, 0.717) is 6.42 Å². The molecular formula is C16H20N2O2. The molecule has 2 aromatic rings. The lowest BCUT2D eigenvalue weighted by atomic mass is 10.1. The predicted octanol–water partition coefficient (Wildman–Crippen LogP) is 3.58. The van der Waals surface area contributed by atoms with Gasteiger partial charge in [-0.05, 0) is 42.7 Å². The van der Waals surface area contributed by atoms with E-state index in [0.717, 1.165) is 23.4 Å². The normalized spacial score (nSPS) is 9.50. The summed E-state index contributed by atoms with van der Waals surface area (Å²) in [5, 5.41) is 8.60. The lowest BCUT2D eigenvalue weighted by Crippen LogP contribution is -1.96. The molecule has 0 aliphatic rings. The van der Waals surface area contributed by atoms with Crippen LogP contribution in [0, 0.1) is 0 Å². The molecular weight excluding hydrogens is 252 g/mol. The zero-order valence-electron chi connectivity index (χ0n) is 11.9. The maximum atomic E-state index is 10.5. The number of carboxylic acids is 1. The number of aryl methyl sites for hydroxylation is 1. The fourth-order valence-electron chi connectivity index (χ4n) is 1.73. The number of rotatable bonds is 5. The van der Waals surface area contributed by atoms with Gasteiger partial charge >= 0.3 is 5.97 Å². The highest BCUT2D eigenvalue weighted by atomic mass is 16.4. The van der Waals surface area contributed by atoms with Crippen LogP contribution >= 0.6 is 0 Å². The van der Waals surface area contributed by atoms with Crippen LogP contribution in [0.5, 0.6) is 0 Å². The molecule has 0 aliphatic heterocycles. The van der Waals surface area contributed by atoms with Gasteiger partial charge in [-0.2, -0.15) is 0 Å². The van der Waals surface area contributed by atoms with Crippen LogP contribution in [0.2, 0.25) is 0 Å². The zero-order valence-corrected chi connectivity index (χ0v) is 11.9. The fourth-order valence-corrected chi connectivity index (χ4v) is 1.73. The van der Waals surface area contributed by atoms with E-state index in [2.05, 4.69) is 9.97 Å². The Kier molecular flexibility index (Phi) is 6.96. The Bertz CT molecular complexity index is 527. The van der Waals surface area contributed by atoms with Crippen LogP contribution < -0.4 is 0 Å². The molecule has 2 aromatic heterocycles. The van der Waals surface area contributed by atoms with Crippen LogP contribution in [-0.2, 0) is 11.2 Å². The molecule has 0 fully saturated rings. The maximum Gasteiger partial charge on any atom is 0.303 e. The summed E-state index contributed by atoms with van der Waals surface area (Å²) >= 11 is 0. The minimum atomic E-state index is -0.756. The van der Waals surface area contributed by atoms with Crippen molar-refractivity contribution >= 4 is 5.97 Å². The Morgan fingerprint density at radius 1 is 1.10 bits per heavy atom. The van der Waals surface area contributed by atoms with E-state index in [1.807, 2.05) is 44.2 Å². The van der Waals surface area contributed by atoms with Crippen LogP contribution in [0.3, 0.4) is 0 Å². The minimum absolute atomic E-state index is 0.196. The second kappa shape index (κ2) is 8.80. The Balaban J connectivity index is 0.000000956. The number of aliphatic carboxylic acids is 1. The number of hydrogen-bond donors (Lipinski definition) is 1. The molecule has 0 spiro atoms. The Hall–Kier alpha value is -2.23. The Morgan fingerprint density at radius 2 is 1.85 bits per heavy atom. The summed E-state index contributed by atoms with van der Waals surface area (Å²) in [6.07, 6.45) is 5.05. The second-order valence-corrected chi connectivity index (χ2v) is 4.01. The fraction of sp³-hybridized carbons (Fsp3) is 0.312. The van der Waals surface area contributed by atoms with Gasteiger partial charge < -0.3 is 5.11 Å². The molecule has 0 unspecified atom stereocenters. The second-order valence-electron chi connectivity index (χ2n) is 4.01. The van der Waals surface area contributed by atoms with E-state index in [1.165, 1.54) is 0 Å². The molecule has 20 heavy (non-hydrogen) atoms. The third kappa shape index (κ3) is 5.18. The van der Waals surface area contributed by atoms with Gasteiger partial charge in [-0.25, -0.2) is 0 Å². The van der Waals surface area contributed by atoms with E-state index >= 15 is 0 Å². The van der Waals surface area contributed by atoms with Crippen molar-refractivity contribution in [1.82, 2.24) is 9.97 Å². The molecule has 2 rings (SSSR count). The molecule has 0 saturated carbocycles. The van der Waals surface area contributed by atoms with Crippen LogP contribution in [0.1, 0.15) is 32.3 Å². The minimum Gasteiger partial charge on any atom is -0.481 e. The molecule has 4 heteroatoms. The summed E-state index contributed by atoms with van der Waals surface area (Å²) in [5.41, 5.74) is 2.74. The van der Waals surface area contributed by atoms with Crippen LogP contribution in [0.15, 0.2) is 42.7 Å². The van der Waals surface area contributed by atoms with E-state index in [1.54, 1.807) is 12.4 Å². The van der Waals surface area contributed by atoms with Gasteiger partial charge in [0.05, 0.1) is 11.4 Å². The molecule has 106 valence electrons. The van der Waals surface area contributed by atoms with Crippen molar-refractivity contribution in [3.63, 3.8) is 0 Å². The molecule has 0 aromatic carbocycles. The number of carbonyl (C=O) groups is 1. The highest BCUT2D eigenvalue weighted by molar-refractivity contribution is 5.66. The van der Waals surface area contributed by atoms with E-state index in [-0.39, 0.29) is 6.42 Å².